The Morgan fingerprint density at radius 2 is 1.64 bits per heavy atom. The van der Waals surface area contributed by atoms with Gasteiger partial charge in [-0.1, -0.05) is 24.3 Å². The van der Waals surface area contributed by atoms with Gasteiger partial charge < -0.3 is 0 Å². The van der Waals surface area contributed by atoms with Crippen LogP contribution in [0.25, 0.3) is 16.7 Å². The highest BCUT2D eigenvalue weighted by atomic mass is 16.2. The molecule has 0 aliphatic carbocycles. The fourth-order valence-electron chi connectivity index (χ4n) is 2.83. The lowest BCUT2D eigenvalue weighted by molar-refractivity contribution is 0.704. The van der Waals surface area contributed by atoms with Crippen LogP contribution in [-0.4, -0.2) is 18.5 Å². The van der Waals surface area contributed by atoms with Crippen LogP contribution in [0.5, 0.6) is 0 Å². The van der Waals surface area contributed by atoms with E-state index in [0.717, 1.165) is 4.57 Å². The van der Waals surface area contributed by atoms with Crippen LogP contribution in [0.15, 0.2) is 69.3 Å². The smallest absolute Gasteiger partial charge is 0.285 e. The van der Waals surface area contributed by atoms with E-state index in [1.165, 1.54) is 11.6 Å². The van der Waals surface area contributed by atoms with E-state index in [1.807, 2.05) is 48.5 Å². The van der Waals surface area contributed by atoms with Crippen molar-refractivity contribution >= 4 is 22.4 Å². The molecule has 0 saturated carbocycles. The molecule has 0 saturated heterocycles. The molecule has 0 fully saturated rings. The minimum atomic E-state index is -0.420. The lowest BCUT2D eigenvalue weighted by atomic mass is 10.3. The van der Waals surface area contributed by atoms with E-state index in [4.69, 9.17) is 0 Å². The first-order valence-electron chi connectivity index (χ1n) is 7.75. The molecule has 7 heteroatoms. The van der Waals surface area contributed by atoms with Gasteiger partial charge in [-0.25, -0.2) is 14.8 Å². The van der Waals surface area contributed by atoms with Gasteiger partial charge in [0.2, 0.25) is 0 Å². The van der Waals surface area contributed by atoms with Crippen molar-refractivity contribution in [2.24, 2.45) is 19.1 Å². The zero-order chi connectivity index (χ0) is 17.6. The van der Waals surface area contributed by atoms with E-state index in [-0.39, 0.29) is 0 Å². The maximum absolute atomic E-state index is 12.8. The number of hydrogen-bond acceptors (Lipinski definition) is 4. The molecule has 0 bridgehead atoms. The molecule has 25 heavy (non-hydrogen) atoms. The molecule has 4 rings (SSSR count). The van der Waals surface area contributed by atoms with Crippen LogP contribution in [0.4, 0.5) is 5.69 Å². The molecular formula is C18H15N5O2. The summed E-state index contributed by atoms with van der Waals surface area (Å²) in [6.07, 6.45) is 1.80. The van der Waals surface area contributed by atoms with Gasteiger partial charge in [0.15, 0.2) is 11.1 Å². The Labute approximate surface area is 141 Å². The van der Waals surface area contributed by atoms with Crippen LogP contribution in [0.2, 0.25) is 0 Å². The molecular weight excluding hydrogens is 318 g/mol. The number of nitrogens with zero attached hydrogens (tertiary/aromatic N) is 5. The Kier molecular flexibility index (Phi) is 3.35. The number of aromatic nitrogens is 4. The second kappa shape index (κ2) is 5.55. The molecule has 0 amide bonds. The minimum absolute atomic E-state index is 0.303. The monoisotopic (exact) mass is 333 g/mol. The molecule has 0 aliphatic rings. The van der Waals surface area contributed by atoms with E-state index in [0.29, 0.717) is 27.9 Å². The summed E-state index contributed by atoms with van der Waals surface area (Å²) in [5.74, 6) is 0. The van der Waals surface area contributed by atoms with Crippen LogP contribution < -0.4 is 16.7 Å². The minimum Gasteiger partial charge on any atom is -0.285 e. The van der Waals surface area contributed by atoms with Crippen molar-refractivity contribution in [1.82, 2.24) is 18.5 Å². The van der Waals surface area contributed by atoms with Crippen LogP contribution in [-0.2, 0) is 14.1 Å². The second-order valence-electron chi connectivity index (χ2n) is 5.72. The molecule has 0 atom stereocenters. The van der Waals surface area contributed by atoms with Crippen molar-refractivity contribution in [3.05, 3.63) is 81.1 Å². The maximum atomic E-state index is 12.8. The lowest BCUT2D eigenvalue weighted by Crippen LogP contribution is -2.40. The van der Waals surface area contributed by atoms with Crippen LogP contribution in [0.1, 0.15) is 0 Å². The van der Waals surface area contributed by atoms with Gasteiger partial charge in [0.05, 0.1) is 5.69 Å². The molecule has 0 N–H and O–H groups in total. The molecule has 4 aromatic rings. The first kappa shape index (κ1) is 15.1. The fourth-order valence-corrected chi connectivity index (χ4v) is 2.83. The quantitative estimate of drug-likeness (QED) is 0.490. The van der Waals surface area contributed by atoms with Crippen molar-refractivity contribution in [1.29, 1.82) is 0 Å². The van der Waals surface area contributed by atoms with Crippen LogP contribution in [0, 0.1) is 0 Å². The SMILES string of the molecule is Cn1c(=O)c2c(=Nc3ccccc3)n3ccccc3nc2n(C)c1=O. The summed E-state index contributed by atoms with van der Waals surface area (Å²) in [5, 5.41) is 0.303. The number of benzene rings is 1. The molecule has 1 aromatic carbocycles. The van der Waals surface area contributed by atoms with Crippen molar-refractivity contribution in [3.63, 3.8) is 0 Å². The van der Waals surface area contributed by atoms with Crippen LogP contribution in [0.3, 0.4) is 0 Å². The maximum Gasteiger partial charge on any atom is 0.332 e. The van der Waals surface area contributed by atoms with Gasteiger partial charge in [-0.05, 0) is 24.3 Å². The largest absolute Gasteiger partial charge is 0.332 e. The predicted molar refractivity (Wildman–Crippen MR) is 94.8 cm³/mol. The molecule has 0 spiro atoms. The van der Waals surface area contributed by atoms with Crippen molar-refractivity contribution < 1.29 is 0 Å². The Hall–Kier alpha value is -3.48. The summed E-state index contributed by atoms with van der Waals surface area (Å²) < 4.78 is 4.19. The Bertz CT molecular complexity index is 1300. The highest BCUT2D eigenvalue weighted by molar-refractivity contribution is 5.75. The number of hydrogen-bond donors (Lipinski definition) is 0. The van der Waals surface area contributed by atoms with Crippen molar-refractivity contribution in [2.75, 3.05) is 0 Å². The van der Waals surface area contributed by atoms with E-state index in [2.05, 4.69) is 9.98 Å². The van der Waals surface area contributed by atoms with E-state index < -0.39 is 11.2 Å². The third-order valence-electron chi connectivity index (χ3n) is 4.14. The number of rotatable bonds is 1. The first-order valence-corrected chi connectivity index (χ1v) is 7.75. The molecule has 0 unspecified atom stereocenters. The van der Waals surface area contributed by atoms with E-state index >= 15 is 0 Å². The normalized spacial score (nSPS) is 12.2. The summed E-state index contributed by atoms with van der Waals surface area (Å²) in [6, 6.07) is 14.9. The molecule has 7 nitrogen and oxygen atoms in total. The van der Waals surface area contributed by atoms with Crippen molar-refractivity contribution in [3.8, 4) is 0 Å². The van der Waals surface area contributed by atoms with Crippen LogP contribution >= 0.6 is 0 Å². The first-order chi connectivity index (χ1) is 12.1. The Morgan fingerprint density at radius 3 is 2.40 bits per heavy atom. The average molecular weight is 333 g/mol. The number of pyridine rings is 1. The summed E-state index contributed by atoms with van der Waals surface area (Å²) in [7, 11) is 3.05. The molecule has 0 radical (unpaired) electrons. The lowest BCUT2D eigenvalue weighted by Gasteiger charge is -2.10. The third-order valence-corrected chi connectivity index (χ3v) is 4.14. The number of fused-ring (bicyclic) bond motifs is 2. The van der Waals surface area contributed by atoms with Gasteiger partial charge in [-0.3, -0.25) is 18.3 Å². The zero-order valence-corrected chi connectivity index (χ0v) is 13.7. The predicted octanol–water partition coefficient (Wildman–Crippen LogP) is 1.12. The Balaban J connectivity index is 2.35. The molecule has 0 aliphatic heterocycles. The number of aryl methyl sites for hydroxylation is 1. The van der Waals surface area contributed by atoms with Gasteiger partial charge in [-0.15, -0.1) is 0 Å². The van der Waals surface area contributed by atoms with Gasteiger partial charge in [-0.2, -0.15) is 0 Å². The van der Waals surface area contributed by atoms with Gasteiger partial charge in [0, 0.05) is 20.3 Å². The summed E-state index contributed by atoms with van der Waals surface area (Å²) >= 11 is 0. The van der Waals surface area contributed by atoms with Crippen molar-refractivity contribution in [2.45, 2.75) is 0 Å². The van der Waals surface area contributed by atoms with Gasteiger partial charge >= 0.3 is 5.69 Å². The summed E-state index contributed by atoms with van der Waals surface area (Å²) in [6.45, 7) is 0. The molecule has 3 aromatic heterocycles. The van der Waals surface area contributed by atoms with Gasteiger partial charge in [0.1, 0.15) is 11.0 Å². The molecule has 3 heterocycles. The molecule has 124 valence electrons. The summed E-state index contributed by atoms with van der Waals surface area (Å²) in [5.41, 5.74) is 1.24. The van der Waals surface area contributed by atoms with E-state index in [1.54, 1.807) is 17.6 Å². The Morgan fingerprint density at radius 1 is 0.920 bits per heavy atom. The third kappa shape index (κ3) is 2.28. The standard InChI is InChI=1S/C18H15N5O2/c1-21-15-14(17(24)22(2)18(21)25)16(19-12-8-4-3-5-9-12)23-11-7-6-10-13(23)20-15/h3-11H,1-2H3. The topological polar surface area (TPSA) is 73.7 Å². The number of para-hydroxylation sites is 1. The fraction of sp³-hybridized carbons (Fsp3) is 0.111. The van der Waals surface area contributed by atoms with Gasteiger partial charge in [0.25, 0.3) is 5.56 Å². The highest BCUT2D eigenvalue weighted by Gasteiger charge is 2.14. The average Bonchev–Trinajstić information content (AvgIpc) is 2.65. The van der Waals surface area contributed by atoms with E-state index in [9.17, 15) is 9.59 Å². The highest BCUT2D eigenvalue weighted by Crippen LogP contribution is 2.10. The second-order valence-corrected chi connectivity index (χ2v) is 5.72. The summed E-state index contributed by atoms with van der Waals surface area (Å²) in [4.78, 5) is 34.2. The zero-order valence-electron chi connectivity index (χ0n) is 13.7.